The second kappa shape index (κ2) is 16.1. The van der Waals surface area contributed by atoms with Crippen molar-refractivity contribution in [2.45, 2.75) is 25.2 Å². The largest absolute Gasteiger partial charge is 0.455 e. The Bertz CT molecular complexity index is 3610. The second-order valence-corrected chi connectivity index (χ2v) is 17.2. The van der Waals surface area contributed by atoms with E-state index in [0.29, 0.717) is 5.92 Å². The van der Waals surface area contributed by atoms with E-state index < -0.39 is 0 Å². The lowest BCUT2D eigenvalue weighted by molar-refractivity contribution is 0.621. The molecule has 1 atom stereocenters. The average molecular weight is 820 g/mol. The second-order valence-electron chi connectivity index (χ2n) is 17.2. The van der Waals surface area contributed by atoms with Gasteiger partial charge >= 0.3 is 0 Å². The molecule has 0 saturated heterocycles. The van der Waals surface area contributed by atoms with Crippen molar-refractivity contribution in [1.29, 1.82) is 0 Å². The van der Waals surface area contributed by atoms with Crippen LogP contribution < -0.4 is 0 Å². The van der Waals surface area contributed by atoms with Crippen LogP contribution in [0.5, 0.6) is 0 Å². The van der Waals surface area contributed by atoms with Crippen LogP contribution in [-0.2, 0) is 12.8 Å². The fourth-order valence-electron chi connectivity index (χ4n) is 10.1. The molecule has 12 rings (SSSR count). The van der Waals surface area contributed by atoms with E-state index in [1.807, 2.05) is 6.07 Å². The van der Waals surface area contributed by atoms with Crippen LogP contribution in [0.1, 0.15) is 29.0 Å². The van der Waals surface area contributed by atoms with E-state index in [4.69, 9.17) is 4.42 Å². The third-order valence-corrected chi connectivity index (χ3v) is 13.4. The predicted molar refractivity (Wildman–Crippen MR) is 270 cm³/mol. The number of rotatable bonds is 10. The van der Waals surface area contributed by atoms with Gasteiger partial charge in [0, 0.05) is 32.8 Å². The Labute approximate surface area is 373 Å². The molecule has 0 radical (unpaired) electrons. The lowest BCUT2D eigenvalue weighted by Crippen LogP contribution is -2.05. The van der Waals surface area contributed by atoms with E-state index in [1.165, 1.54) is 82.8 Å². The van der Waals surface area contributed by atoms with Crippen LogP contribution in [0.4, 0.5) is 0 Å². The summed E-state index contributed by atoms with van der Waals surface area (Å²) in [6.07, 6.45) is 2.99. The van der Waals surface area contributed by atoms with Crippen LogP contribution in [0.2, 0.25) is 0 Å². The smallest absolute Gasteiger partial charge is 0.143 e. The average Bonchev–Trinajstić information content (AvgIpc) is 3.92. The molecule has 12 aromatic rings. The van der Waals surface area contributed by atoms with Gasteiger partial charge in [0.05, 0.1) is 11.0 Å². The fraction of sp³-hybridized carbons (Fsp3) is 0.0645. The first-order valence-corrected chi connectivity index (χ1v) is 22.5. The van der Waals surface area contributed by atoms with Crippen molar-refractivity contribution in [2.75, 3.05) is 0 Å². The Morgan fingerprint density at radius 3 is 1.83 bits per heavy atom. The molecule has 1 unspecified atom stereocenters. The molecule has 2 heterocycles. The number of hydrogen-bond acceptors (Lipinski definition) is 1. The summed E-state index contributed by atoms with van der Waals surface area (Å²) in [5, 5.41) is 7.41. The molecule has 0 fully saturated rings. The highest BCUT2D eigenvalue weighted by molar-refractivity contribution is 6.11. The van der Waals surface area contributed by atoms with Crippen LogP contribution in [0.3, 0.4) is 0 Å². The molecule has 2 nitrogen and oxygen atoms in total. The minimum absolute atomic E-state index is 0.337. The number of benzene rings is 10. The van der Waals surface area contributed by atoms with Gasteiger partial charge in [-0.25, -0.2) is 0 Å². The van der Waals surface area contributed by atoms with Crippen LogP contribution in [0, 0.1) is 0 Å². The van der Waals surface area contributed by atoms with Gasteiger partial charge in [-0.2, -0.15) is 0 Å². The van der Waals surface area contributed by atoms with Crippen molar-refractivity contribution in [1.82, 2.24) is 4.57 Å². The number of aryl methyl sites for hydroxylation is 1. The topological polar surface area (TPSA) is 18.1 Å². The number of para-hydroxylation sites is 4. The molecule has 10 aromatic carbocycles. The molecule has 2 aromatic heterocycles. The maximum absolute atomic E-state index is 6.44. The summed E-state index contributed by atoms with van der Waals surface area (Å²) >= 11 is 0. The third-order valence-electron chi connectivity index (χ3n) is 13.4. The fourth-order valence-corrected chi connectivity index (χ4v) is 10.1. The van der Waals surface area contributed by atoms with Crippen molar-refractivity contribution in [3.8, 4) is 39.1 Å². The normalized spacial score (nSPS) is 12.2. The Kier molecular flexibility index (Phi) is 9.49. The van der Waals surface area contributed by atoms with E-state index >= 15 is 0 Å². The number of furan rings is 1. The van der Waals surface area contributed by atoms with E-state index in [2.05, 4.69) is 229 Å². The SMILES string of the molecule is c1ccc(-n2c3ccccc3c3cc(-c4ccc(CCC(Cc5ccc(-c6cccc7ccccc67)cc5)c5ccc(-c6cccc7c6oc6ccccc67)cc5)cc4)ccc32)cc1. The lowest BCUT2D eigenvalue weighted by Gasteiger charge is -2.19. The summed E-state index contributed by atoms with van der Waals surface area (Å²) in [4.78, 5) is 0. The standard InChI is InChI=1S/C62H45NO/c1-2-14-51(15-3-1)63-59-22-8-6-17-55(59)58-41-50(38-39-60(58)63)44-29-24-42(25-30-44)26-33-49(40-43-27-31-47(32-28-43)53-19-10-13-46-12-4-5-16-52(46)53)45-34-36-48(37-35-45)54-20-11-21-57-56-18-7-9-23-61(56)64-62(54)57/h1-25,27-32,34-39,41,49H,26,33,40H2. The van der Waals surface area contributed by atoms with Gasteiger partial charge in [0.25, 0.3) is 0 Å². The van der Waals surface area contributed by atoms with Gasteiger partial charge in [-0.15, -0.1) is 0 Å². The molecule has 0 N–H and O–H groups in total. The lowest BCUT2D eigenvalue weighted by atomic mass is 9.85. The number of aromatic nitrogens is 1. The Balaban J connectivity index is 0.836. The number of hydrogen-bond donors (Lipinski definition) is 0. The molecule has 0 saturated carbocycles. The maximum Gasteiger partial charge on any atom is 0.143 e. The van der Waals surface area contributed by atoms with Gasteiger partial charge in [-0.05, 0) is 117 Å². The minimum atomic E-state index is 0.337. The van der Waals surface area contributed by atoms with Crippen LogP contribution in [0.25, 0.3) is 93.6 Å². The number of nitrogens with zero attached hydrogens (tertiary/aromatic N) is 1. The first kappa shape index (κ1) is 37.8. The quantitative estimate of drug-likeness (QED) is 0.134. The monoisotopic (exact) mass is 819 g/mol. The molecule has 304 valence electrons. The predicted octanol–water partition coefficient (Wildman–Crippen LogP) is 16.8. The summed E-state index contributed by atoms with van der Waals surface area (Å²) in [5.74, 6) is 0.337. The Morgan fingerprint density at radius 1 is 0.391 bits per heavy atom. The van der Waals surface area contributed by atoms with Crippen molar-refractivity contribution in [2.24, 2.45) is 0 Å². The molecule has 0 spiro atoms. The van der Waals surface area contributed by atoms with Crippen LogP contribution >= 0.6 is 0 Å². The summed E-state index contributed by atoms with van der Waals surface area (Å²) in [7, 11) is 0. The van der Waals surface area contributed by atoms with Crippen molar-refractivity contribution in [3.63, 3.8) is 0 Å². The minimum Gasteiger partial charge on any atom is -0.455 e. The Hall–Kier alpha value is -7.94. The maximum atomic E-state index is 6.44. The first-order chi connectivity index (χ1) is 31.7. The zero-order valence-electron chi connectivity index (χ0n) is 35.5. The zero-order chi connectivity index (χ0) is 42.4. The van der Waals surface area contributed by atoms with Crippen molar-refractivity contribution >= 4 is 54.5 Å². The van der Waals surface area contributed by atoms with Gasteiger partial charge in [0.2, 0.25) is 0 Å². The molecule has 2 heteroatoms. The number of fused-ring (bicyclic) bond motifs is 7. The summed E-state index contributed by atoms with van der Waals surface area (Å²) < 4.78 is 8.81. The molecule has 0 aliphatic heterocycles. The van der Waals surface area contributed by atoms with Gasteiger partial charge in [0.1, 0.15) is 11.2 Å². The van der Waals surface area contributed by atoms with E-state index in [-0.39, 0.29) is 0 Å². The molecular weight excluding hydrogens is 775 g/mol. The molecule has 0 aliphatic carbocycles. The highest BCUT2D eigenvalue weighted by Gasteiger charge is 2.17. The summed E-state index contributed by atoms with van der Waals surface area (Å²) in [5.41, 5.74) is 16.9. The molecule has 0 bridgehead atoms. The zero-order valence-corrected chi connectivity index (χ0v) is 35.5. The van der Waals surface area contributed by atoms with Gasteiger partial charge in [-0.1, -0.05) is 194 Å². The summed E-state index contributed by atoms with van der Waals surface area (Å²) in [6, 6.07) is 84.3. The molecular formula is C62H45NO. The third kappa shape index (κ3) is 6.85. The van der Waals surface area contributed by atoms with E-state index in [0.717, 1.165) is 46.8 Å². The molecule has 0 aliphatic rings. The van der Waals surface area contributed by atoms with Gasteiger partial charge in [-0.3, -0.25) is 0 Å². The first-order valence-electron chi connectivity index (χ1n) is 22.5. The van der Waals surface area contributed by atoms with Crippen LogP contribution in [-0.4, -0.2) is 4.57 Å². The van der Waals surface area contributed by atoms with Crippen molar-refractivity contribution in [3.05, 3.63) is 247 Å². The van der Waals surface area contributed by atoms with E-state index in [9.17, 15) is 0 Å². The van der Waals surface area contributed by atoms with E-state index in [1.54, 1.807) is 0 Å². The van der Waals surface area contributed by atoms with Gasteiger partial charge in [0.15, 0.2) is 0 Å². The highest BCUT2D eigenvalue weighted by Crippen LogP contribution is 2.38. The highest BCUT2D eigenvalue weighted by atomic mass is 16.3. The Morgan fingerprint density at radius 2 is 0.984 bits per heavy atom. The molecule has 64 heavy (non-hydrogen) atoms. The summed E-state index contributed by atoms with van der Waals surface area (Å²) in [6.45, 7) is 0. The van der Waals surface area contributed by atoms with Gasteiger partial charge < -0.3 is 8.98 Å². The molecule has 0 amide bonds. The van der Waals surface area contributed by atoms with Crippen molar-refractivity contribution < 1.29 is 4.42 Å². The van der Waals surface area contributed by atoms with Crippen LogP contribution in [0.15, 0.2) is 235 Å².